The second kappa shape index (κ2) is 8.32. The Morgan fingerprint density at radius 3 is 2.69 bits per heavy atom. The van der Waals surface area contributed by atoms with E-state index in [-0.39, 0.29) is 5.56 Å². The number of nitrogens with zero attached hydrogens (tertiary/aromatic N) is 5. The van der Waals surface area contributed by atoms with Crippen LogP contribution in [-0.2, 0) is 20.0 Å². The minimum atomic E-state index is -0.236. The summed E-state index contributed by atoms with van der Waals surface area (Å²) in [6.45, 7) is 0.404. The molecule has 5 rings (SSSR count). The molecule has 2 aromatic carbocycles. The number of nitrogens with one attached hydrogen (secondary N) is 2. The van der Waals surface area contributed by atoms with Crippen LogP contribution in [0.4, 0.5) is 5.95 Å². The number of H-pyrrole nitrogens is 1. The van der Waals surface area contributed by atoms with Crippen molar-refractivity contribution in [3.63, 3.8) is 0 Å². The van der Waals surface area contributed by atoms with Gasteiger partial charge in [0.2, 0.25) is 11.7 Å². The van der Waals surface area contributed by atoms with Crippen LogP contribution in [0.15, 0.2) is 71.7 Å². The Bertz CT molecular complexity index is 1450. The zero-order valence-corrected chi connectivity index (χ0v) is 18.0. The highest BCUT2D eigenvalue weighted by molar-refractivity contribution is 6.31. The fourth-order valence-corrected chi connectivity index (χ4v) is 3.72. The normalized spacial score (nSPS) is 11.2. The molecule has 0 bridgehead atoms. The van der Waals surface area contributed by atoms with Gasteiger partial charge in [-0.15, -0.1) is 5.10 Å². The fourth-order valence-electron chi connectivity index (χ4n) is 3.54. The average molecular weight is 446 g/mol. The van der Waals surface area contributed by atoms with Crippen LogP contribution in [0.1, 0.15) is 16.8 Å². The first-order valence-corrected chi connectivity index (χ1v) is 10.5. The van der Waals surface area contributed by atoms with Crippen LogP contribution in [0.2, 0.25) is 5.02 Å². The van der Waals surface area contributed by atoms with Crippen molar-refractivity contribution in [3.05, 3.63) is 99.1 Å². The number of fused-ring (bicyclic) bond motifs is 1. The van der Waals surface area contributed by atoms with Crippen molar-refractivity contribution < 1.29 is 0 Å². The minimum absolute atomic E-state index is 0.236. The summed E-state index contributed by atoms with van der Waals surface area (Å²) >= 11 is 6.39. The molecule has 0 radical (unpaired) electrons. The Balaban J connectivity index is 1.37. The number of hydrogen-bond donors (Lipinski definition) is 2. The lowest BCUT2D eigenvalue weighted by Crippen LogP contribution is -2.16. The first kappa shape index (κ1) is 20.0. The topological polar surface area (TPSA) is 92.9 Å². The zero-order valence-electron chi connectivity index (χ0n) is 17.3. The minimum Gasteiger partial charge on any atom is -0.349 e. The number of rotatable bonds is 6. The van der Waals surface area contributed by atoms with Gasteiger partial charge in [0.05, 0.1) is 5.69 Å². The van der Waals surface area contributed by atoms with Crippen LogP contribution < -0.4 is 10.9 Å². The molecule has 5 aromatic rings. The molecular formula is C23H20ClN7O. The summed E-state index contributed by atoms with van der Waals surface area (Å²) in [6.07, 6.45) is 2.50. The summed E-state index contributed by atoms with van der Waals surface area (Å²) in [5.74, 6) is 0.730. The molecule has 9 heteroatoms. The quantitative estimate of drug-likeness (QED) is 0.416. The van der Waals surface area contributed by atoms with Gasteiger partial charge in [-0.25, -0.2) is 0 Å². The van der Waals surface area contributed by atoms with E-state index in [4.69, 9.17) is 11.6 Å². The molecule has 0 saturated carbocycles. The molecule has 2 N–H and O–H groups in total. The molecule has 0 saturated heterocycles. The lowest BCUT2D eigenvalue weighted by Gasteiger charge is -2.07. The van der Waals surface area contributed by atoms with Crippen molar-refractivity contribution in [2.24, 2.45) is 7.05 Å². The van der Waals surface area contributed by atoms with Gasteiger partial charge in [0.1, 0.15) is 0 Å². The maximum Gasteiger partial charge on any atom is 0.275 e. The van der Waals surface area contributed by atoms with E-state index in [1.807, 2.05) is 67.8 Å². The monoisotopic (exact) mass is 445 g/mol. The predicted molar refractivity (Wildman–Crippen MR) is 124 cm³/mol. The summed E-state index contributed by atoms with van der Waals surface area (Å²) in [7, 11) is 1.88. The van der Waals surface area contributed by atoms with Crippen LogP contribution >= 0.6 is 11.6 Å². The highest BCUT2D eigenvalue weighted by atomic mass is 35.5. The summed E-state index contributed by atoms with van der Waals surface area (Å²) < 4.78 is 3.01. The van der Waals surface area contributed by atoms with Crippen LogP contribution in [-0.4, -0.2) is 29.4 Å². The molecule has 0 fully saturated rings. The third-order valence-corrected chi connectivity index (χ3v) is 5.48. The Morgan fingerprint density at radius 2 is 1.91 bits per heavy atom. The lowest BCUT2D eigenvalue weighted by molar-refractivity contribution is 0.771. The Labute approximate surface area is 188 Å². The molecule has 0 aliphatic rings. The van der Waals surface area contributed by atoms with Crippen LogP contribution in [0.5, 0.6) is 0 Å². The molecule has 8 nitrogen and oxygen atoms in total. The van der Waals surface area contributed by atoms with Gasteiger partial charge in [0, 0.05) is 48.6 Å². The van der Waals surface area contributed by atoms with E-state index in [0.717, 1.165) is 28.1 Å². The molecular weight excluding hydrogens is 426 g/mol. The van der Waals surface area contributed by atoms with Gasteiger partial charge in [-0.3, -0.25) is 9.48 Å². The summed E-state index contributed by atoms with van der Waals surface area (Å²) in [5, 5.41) is 12.5. The maximum absolute atomic E-state index is 12.5. The molecule has 0 unspecified atom stereocenters. The third kappa shape index (κ3) is 4.13. The fraction of sp³-hybridized carbons (Fsp3) is 0.130. The van der Waals surface area contributed by atoms with E-state index < -0.39 is 0 Å². The van der Waals surface area contributed by atoms with Crippen molar-refractivity contribution in [1.29, 1.82) is 0 Å². The molecule has 32 heavy (non-hydrogen) atoms. The van der Waals surface area contributed by atoms with Gasteiger partial charge < -0.3 is 10.3 Å². The first-order chi connectivity index (χ1) is 15.5. The van der Waals surface area contributed by atoms with Crippen LogP contribution in [0, 0.1) is 0 Å². The van der Waals surface area contributed by atoms with Crippen molar-refractivity contribution in [3.8, 4) is 11.3 Å². The van der Waals surface area contributed by atoms with Crippen molar-refractivity contribution in [2.45, 2.75) is 13.0 Å². The Kier molecular flexibility index (Phi) is 5.20. The molecule has 160 valence electrons. The second-order valence-electron chi connectivity index (χ2n) is 7.50. The number of aromatic nitrogens is 6. The number of halogens is 1. The predicted octanol–water partition coefficient (Wildman–Crippen LogP) is 3.67. The SMILES string of the molecule is Cn1ccc(-c2ccc(Cl)c(CNc3nc4[nH]c(Cc5ccccc5)cc(=O)n4n3)c2)n1. The number of hydrogen-bond acceptors (Lipinski definition) is 5. The number of anilines is 1. The number of aromatic amines is 1. The van der Waals surface area contributed by atoms with Gasteiger partial charge in [-0.1, -0.05) is 48.0 Å². The molecule has 0 atom stereocenters. The number of aryl methyl sites for hydroxylation is 1. The van der Waals surface area contributed by atoms with E-state index >= 15 is 0 Å². The van der Waals surface area contributed by atoms with E-state index in [2.05, 4.69) is 25.5 Å². The summed E-state index contributed by atoms with van der Waals surface area (Å²) in [5.41, 5.74) is 4.36. The summed E-state index contributed by atoms with van der Waals surface area (Å²) in [4.78, 5) is 20.1. The average Bonchev–Trinajstić information content (AvgIpc) is 3.40. The molecule has 0 amide bonds. The summed E-state index contributed by atoms with van der Waals surface area (Å²) in [6, 6.07) is 19.2. The third-order valence-electron chi connectivity index (χ3n) is 5.12. The molecule has 0 aliphatic carbocycles. The Morgan fingerprint density at radius 1 is 1.06 bits per heavy atom. The molecule has 3 heterocycles. The van der Waals surface area contributed by atoms with Crippen LogP contribution in [0.25, 0.3) is 17.0 Å². The van der Waals surface area contributed by atoms with Crippen molar-refractivity contribution in [2.75, 3.05) is 5.32 Å². The van der Waals surface area contributed by atoms with Crippen molar-refractivity contribution in [1.82, 2.24) is 29.4 Å². The van der Waals surface area contributed by atoms with Gasteiger partial charge in [0.15, 0.2) is 0 Å². The van der Waals surface area contributed by atoms with Crippen LogP contribution in [0.3, 0.4) is 0 Å². The number of benzene rings is 2. The molecule has 0 aliphatic heterocycles. The van der Waals surface area contributed by atoms with Crippen molar-refractivity contribution >= 4 is 23.3 Å². The van der Waals surface area contributed by atoms with Gasteiger partial charge in [0.25, 0.3) is 5.56 Å². The van der Waals surface area contributed by atoms with Gasteiger partial charge >= 0.3 is 0 Å². The lowest BCUT2D eigenvalue weighted by atomic mass is 10.1. The van der Waals surface area contributed by atoms with E-state index in [1.165, 1.54) is 4.52 Å². The highest BCUT2D eigenvalue weighted by Gasteiger charge is 2.11. The van der Waals surface area contributed by atoms with Gasteiger partial charge in [-0.05, 0) is 29.3 Å². The smallest absolute Gasteiger partial charge is 0.275 e. The standard InChI is InChI=1S/C23H20ClN7O/c1-30-10-9-20(28-30)16-7-8-19(24)17(12-16)14-25-22-27-23-26-18(13-21(32)31(23)29-22)11-15-5-3-2-4-6-15/h2-10,12-13H,11,14H2,1H3,(H2,25,26,27,29). The maximum atomic E-state index is 12.5. The highest BCUT2D eigenvalue weighted by Crippen LogP contribution is 2.24. The Hall–Kier alpha value is -3.91. The second-order valence-corrected chi connectivity index (χ2v) is 7.91. The van der Waals surface area contributed by atoms with E-state index in [1.54, 1.807) is 10.7 Å². The van der Waals surface area contributed by atoms with Gasteiger partial charge in [-0.2, -0.15) is 14.6 Å². The van der Waals surface area contributed by atoms with E-state index in [0.29, 0.717) is 29.7 Å². The molecule has 3 aromatic heterocycles. The largest absolute Gasteiger partial charge is 0.349 e. The molecule has 0 spiro atoms. The first-order valence-electron chi connectivity index (χ1n) is 10.1. The van der Waals surface area contributed by atoms with E-state index in [9.17, 15) is 4.79 Å². The zero-order chi connectivity index (χ0) is 22.1.